The van der Waals surface area contributed by atoms with Crippen LogP contribution in [-0.2, 0) is 10.0 Å². The monoisotopic (exact) mass is 422 g/mol. The first-order chi connectivity index (χ1) is 14.2. The molecule has 156 valence electrons. The van der Waals surface area contributed by atoms with Gasteiger partial charge in [0.15, 0.2) is 0 Å². The molecular formula is C24H26N2O3S. The molecule has 0 fully saturated rings. The van der Waals surface area contributed by atoms with Crippen molar-refractivity contribution in [2.45, 2.75) is 31.7 Å². The van der Waals surface area contributed by atoms with Crippen molar-refractivity contribution in [2.75, 3.05) is 11.4 Å². The predicted octanol–water partition coefficient (Wildman–Crippen LogP) is 4.62. The molecule has 3 rings (SSSR count). The quantitative estimate of drug-likeness (QED) is 0.630. The number of nitrogens with one attached hydrogen (secondary N) is 1. The Labute approximate surface area is 178 Å². The first kappa shape index (κ1) is 21.6. The highest BCUT2D eigenvalue weighted by molar-refractivity contribution is 7.92. The van der Waals surface area contributed by atoms with Crippen molar-refractivity contribution in [2.24, 2.45) is 0 Å². The van der Waals surface area contributed by atoms with Gasteiger partial charge in [-0.25, -0.2) is 8.42 Å². The Hall–Kier alpha value is -3.12. The highest BCUT2D eigenvalue weighted by Crippen LogP contribution is 2.23. The van der Waals surface area contributed by atoms with Crippen LogP contribution in [0.3, 0.4) is 0 Å². The topological polar surface area (TPSA) is 66.5 Å². The Morgan fingerprint density at radius 2 is 1.60 bits per heavy atom. The summed E-state index contributed by atoms with van der Waals surface area (Å²) in [5.41, 5.74) is 4.01. The predicted molar refractivity (Wildman–Crippen MR) is 120 cm³/mol. The van der Waals surface area contributed by atoms with Crippen LogP contribution in [0.5, 0.6) is 0 Å². The maximum atomic E-state index is 13.1. The summed E-state index contributed by atoms with van der Waals surface area (Å²) >= 11 is 0. The molecule has 1 N–H and O–H groups in total. The van der Waals surface area contributed by atoms with Crippen molar-refractivity contribution in [3.05, 3.63) is 95.1 Å². The highest BCUT2D eigenvalue weighted by Gasteiger charge is 2.23. The van der Waals surface area contributed by atoms with Crippen LogP contribution in [-0.4, -0.2) is 21.4 Å². The van der Waals surface area contributed by atoms with Crippen molar-refractivity contribution in [1.82, 2.24) is 5.32 Å². The lowest BCUT2D eigenvalue weighted by Crippen LogP contribution is -2.29. The molecule has 0 spiro atoms. The minimum absolute atomic E-state index is 0.0711. The molecular weight excluding hydrogens is 396 g/mol. The average molecular weight is 423 g/mol. The molecule has 0 saturated carbocycles. The number of anilines is 1. The van der Waals surface area contributed by atoms with E-state index in [1.807, 2.05) is 57.2 Å². The van der Waals surface area contributed by atoms with Crippen LogP contribution in [0.1, 0.15) is 40.0 Å². The molecule has 0 radical (unpaired) electrons. The van der Waals surface area contributed by atoms with Gasteiger partial charge in [-0.05, 0) is 62.2 Å². The Balaban J connectivity index is 1.83. The van der Waals surface area contributed by atoms with Crippen LogP contribution in [0.15, 0.2) is 77.7 Å². The fraction of sp³-hybridized carbons (Fsp3) is 0.208. The summed E-state index contributed by atoms with van der Waals surface area (Å²) in [5, 5.41) is 2.95. The number of benzene rings is 3. The van der Waals surface area contributed by atoms with Gasteiger partial charge in [-0.2, -0.15) is 0 Å². The molecule has 3 aromatic carbocycles. The van der Waals surface area contributed by atoms with Gasteiger partial charge in [0, 0.05) is 12.6 Å². The molecule has 0 aliphatic carbocycles. The number of carbonyl (C=O) groups is 1. The Kier molecular flexibility index (Phi) is 6.27. The van der Waals surface area contributed by atoms with Gasteiger partial charge >= 0.3 is 0 Å². The largest absolute Gasteiger partial charge is 0.346 e. The zero-order valence-electron chi connectivity index (χ0n) is 17.6. The summed E-state index contributed by atoms with van der Waals surface area (Å²) in [6.45, 7) is 5.84. The normalized spacial score (nSPS) is 12.3. The summed E-state index contributed by atoms with van der Waals surface area (Å²) in [6, 6.07) is 21.0. The average Bonchev–Trinajstić information content (AvgIpc) is 2.74. The third-order valence-electron chi connectivity index (χ3n) is 5.15. The SMILES string of the molecule is Cc1ccc(N(C)S(=O)(=O)c2cccc(C(=O)N[C@@H](C)c3ccccc3C)c2)cc1. The molecule has 0 aliphatic rings. The summed E-state index contributed by atoms with van der Waals surface area (Å²) in [5.74, 6) is -0.319. The molecule has 1 atom stereocenters. The third kappa shape index (κ3) is 4.54. The number of aryl methyl sites for hydroxylation is 2. The second-order valence-electron chi connectivity index (χ2n) is 7.39. The standard InChI is InChI=1S/C24H26N2O3S/c1-17-12-14-21(15-13-17)26(4)30(28,29)22-10-7-9-20(16-22)24(27)25-19(3)23-11-6-5-8-18(23)2/h5-16,19H,1-4H3,(H,25,27)/t19-/m0/s1. The summed E-state index contributed by atoms with van der Waals surface area (Å²) in [7, 11) is -2.29. The van der Waals surface area contributed by atoms with E-state index in [9.17, 15) is 13.2 Å². The number of rotatable bonds is 6. The third-order valence-corrected chi connectivity index (χ3v) is 6.94. The number of nitrogens with zero attached hydrogens (tertiary/aromatic N) is 1. The van der Waals surface area contributed by atoms with Crippen LogP contribution < -0.4 is 9.62 Å². The molecule has 30 heavy (non-hydrogen) atoms. The minimum Gasteiger partial charge on any atom is -0.346 e. The van der Waals surface area contributed by atoms with Crippen molar-refractivity contribution >= 4 is 21.6 Å². The van der Waals surface area contributed by atoms with E-state index in [2.05, 4.69) is 5.32 Å². The summed E-state index contributed by atoms with van der Waals surface area (Å²) in [4.78, 5) is 12.8. The molecule has 0 aromatic heterocycles. The van der Waals surface area contributed by atoms with Gasteiger partial charge in [-0.15, -0.1) is 0 Å². The number of sulfonamides is 1. The van der Waals surface area contributed by atoms with E-state index in [4.69, 9.17) is 0 Å². The number of carbonyl (C=O) groups excluding carboxylic acids is 1. The van der Waals surface area contributed by atoms with Crippen molar-refractivity contribution in [3.8, 4) is 0 Å². The maximum Gasteiger partial charge on any atom is 0.264 e. The van der Waals surface area contributed by atoms with E-state index in [1.54, 1.807) is 24.3 Å². The Morgan fingerprint density at radius 3 is 2.27 bits per heavy atom. The smallest absolute Gasteiger partial charge is 0.264 e. The molecule has 0 bridgehead atoms. The number of hydrogen-bond acceptors (Lipinski definition) is 3. The summed E-state index contributed by atoms with van der Waals surface area (Å²) in [6.07, 6.45) is 0. The van der Waals surface area contributed by atoms with Crippen LogP contribution in [0.25, 0.3) is 0 Å². The molecule has 3 aromatic rings. The van der Waals surface area contributed by atoms with Gasteiger partial charge in [0.25, 0.3) is 15.9 Å². The van der Waals surface area contributed by atoms with E-state index in [0.29, 0.717) is 11.3 Å². The first-order valence-electron chi connectivity index (χ1n) is 9.72. The zero-order valence-corrected chi connectivity index (χ0v) is 18.4. The fourth-order valence-electron chi connectivity index (χ4n) is 3.28. The van der Waals surface area contributed by atoms with Gasteiger partial charge in [0.05, 0.1) is 16.6 Å². The highest BCUT2D eigenvalue weighted by atomic mass is 32.2. The number of hydrogen-bond donors (Lipinski definition) is 1. The molecule has 0 saturated heterocycles. The van der Waals surface area contributed by atoms with E-state index in [0.717, 1.165) is 16.7 Å². The van der Waals surface area contributed by atoms with E-state index in [-0.39, 0.29) is 16.8 Å². The maximum absolute atomic E-state index is 13.1. The molecule has 1 amide bonds. The van der Waals surface area contributed by atoms with Crippen molar-refractivity contribution < 1.29 is 13.2 Å². The Morgan fingerprint density at radius 1 is 0.933 bits per heavy atom. The molecule has 0 unspecified atom stereocenters. The second kappa shape index (κ2) is 8.71. The molecule has 5 nitrogen and oxygen atoms in total. The van der Waals surface area contributed by atoms with Crippen LogP contribution in [0, 0.1) is 13.8 Å². The fourth-order valence-corrected chi connectivity index (χ4v) is 4.52. The van der Waals surface area contributed by atoms with Crippen molar-refractivity contribution in [1.29, 1.82) is 0 Å². The van der Waals surface area contributed by atoms with E-state index in [1.165, 1.54) is 23.5 Å². The molecule has 6 heteroatoms. The summed E-state index contributed by atoms with van der Waals surface area (Å²) < 4.78 is 27.4. The lowest BCUT2D eigenvalue weighted by atomic mass is 10.0. The van der Waals surface area contributed by atoms with Crippen LogP contribution in [0.4, 0.5) is 5.69 Å². The lowest BCUT2D eigenvalue weighted by molar-refractivity contribution is 0.0939. The number of amides is 1. The van der Waals surface area contributed by atoms with Gasteiger partial charge in [-0.1, -0.05) is 48.0 Å². The van der Waals surface area contributed by atoms with Crippen LogP contribution >= 0.6 is 0 Å². The van der Waals surface area contributed by atoms with Gasteiger partial charge < -0.3 is 5.32 Å². The lowest BCUT2D eigenvalue weighted by Gasteiger charge is -2.20. The van der Waals surface area contributed by atoms with Crippen LogP contribution in [0.2, 0.25) is 0 Å². The van der Waals surface area contributed by atoms with Crippen molar-refractivity contribution in [3.63, 3.8) is 0 Å². The van der Waals surface area contributed by atoms with E-state index >= 15 is 0 Å². The van der Waals surface area contributed by atoms with Gasteiger partial charge in [0.1, 0.15) is 0 Å². The minimum atomic E-state index is -3.79. The van der Waals surface area contributed by atoms with Gasteiger partial charge in [0.2, 0.25) is 0 Å². The zero-order chi connectivity index (χ0) is 21.9. The van der Waals surface area contributed by atoms with E-state index < -0.39 is 10.0 Å². The first-order valence-corrected chi connectivity index (χ1v) is 11.2. The van der Waals surface area contributed by atoms with Gasteiger partial charge in [-0.3, -0.25) is 9.10 Å². The molecule has 0 aliphatic heterocycles. The Bertz CT molecular complexity index is 1160. The molecule has 0 heterocycles. The second-order valence-corrected chi connectivity index (χ2v) is 9.36.